The molecule has 0 atom stereocenters. The van der Waals surface area contributed by atoms with Crippen LogP contribution in [0.15, 0.2) is 35.2 Å². The van der Waals surface area contributed by atoms with Gasteiger partial charge in [-0.15, -0.1) is 0 Å². The van der Waals surface area contributed by atoms with E-state index in [1.54, 1.807) is 39.0 Å². The predicted molar refractivity (Wildman–Crippen MR) is 98.4 cm³/mol. The molecular formula is C17H18N2O7S. The smallest absolute Gasteiger partial charge is 0.281 e. The highest BCUT2D eigenvalue weighted by Crippen LogP contribution is 2.49. The molecule has 0 aromatic heterocycles. The first-order valence-corrected chi connectivity index (χ1v) is 9.25. The maximum Gasteiger partial charge on any atom is 0.308 e. The fraction of sp³-hybridized carbons (Fsp3) is 0.294. The van der Waals surface area contributed by atoms with Crippen molar-refractivity contribution in [2.24, 2.45) is 0 Å². The largest absolute Gasteiger partial charge is 0.308 e. The van der Waals surface area contributed by atoms with Gasteiger partial charge in [0, 0.05) is 5.56 Å². The lowest BCUT2D eigenvalue weighted by Crippen LogP contribution is -2.20. The zero-order valence-electron chi connectivity index (χ0n) is 15.1. The maximum atomic E-state index is 11.9. The Morgan fingerprint density at radius 3 is 1.81 bits per heavy atom. The van der Waals surface area contributed by atoms with E-state index >= 15 is 0 Å². The Labute approximate surface area is 155 Å². The summed E-state index contributed by atoms with van der Waals surface area (Å²) in [7, 11) is -5.25. The first kappa shape index (κ1) is 20.5. The van der Waals surface area contributed by atoms with Crippen molar-refractivity contribution in [3.05, 3.63) is 61.7 Å². The van der Waals surface area contributed by atoms with Crippen LogP contribution in [0.2, 0.25) is 0 Å². The molecule has 0 amide bonds. The zero-order valence-corrected chi connectivity index (χ0v) is 15.9. The molecule has 0 aliphatic carbocycles. The minimum Gasteiger partial charge on any atom is -0.281 e. The molecule has 10 heteroatoms. The van der Waals surface area contributed by atoms with Crippen molar-refractivity contribution in [2.75, 3.05) is 0 Å². The van der Waals surface area contributed by atoms with Gasteiger partial charge >= 0.3 is 21.5 Å². The SMILES string of the molecule is Cc1c([N+](=O)[O-])c(S(=O)(=O)O)c([N+](=O)[O-])c(-c2ccccc2)c1C(C)(C)C. The number of hydrogen-bond donors (Lipinski definition) is 1. The normalized spacial score (nSPS) is 12.0. The Balaban J connectivity index is 3.32. The number of nitro groups is 2. The van der Waals surface area contributed by atoms with Gasteiger partial charge in [-0.1, -0.05) is 51.1 Å². The van der Waals surface area contributed by atoms with Crippen molar-refractivity contribution in [2.45, 2.75) is 38.0 Å². The van der Waals surface area contributed by atoms with Crippen molar-refractivity contribution in [1.82, 2.24) is 0 Å². The first-order valence-electron chi connectivity index (χ1n) is 7.81. The number of hydrogen-bond acceptors (Lipinski definition) is 6. The van der Waals surface area contributed by atoms with Crippen molar-refractivity contribution in [3.8, 4) is 11.1 Å². The maximum absolute atomic E-state index is 11.9. The van der Waals surface area contributed by atoms with E-state index in [1.807, 2.05) is 0 Å². The molecule has 144 valence electrons. The molecule has 0 fully saturated rings. The van der Waals surface area contributed by atoms with Gasteiger partial charge in [0.15, 0.2) is 0 Å². The second kappa shape index (κ2) is 6.71. The van der Waals surface area contributed by atoms with E-state index in [2.05, 4.69) is 0 Å². The third-order valence-corrected chi connectivity index (χ3v) is 4.99. The standard InChI is InChI=1S/C17H18N2O7S/c1-10-13(17(2,3)4)12(11-8-6-5-7-9-11)15(19(22)23)16(27(24,25)26)14(10)18(20)21/h5-9H,1-4H3,(H,24,25,26). The van der Waals surface area contributed by atoms with Crippen LogP contribution in [0.1, 0.15) is 31.9 Å². The summed E-state index contributed by atoms with van der Waals surface area (Å²) in [5.74, 6) is 0. The van der Waals surface area contributed by atoms with Crippen molar-refractivity contribution >= 4 is 21.5 Å². The van der Waals surface area contributed by atoms with Crippen LogP contribution in [0.25, 0.3) is 11.1 Å². The highest BCUT2D eigenvalue weighted by atomic mass is 32.2. The molecule has 2 rings (SSSR count). The average Bonchev–Trinajstić information content (AvgIpc) is 2.51. The van der Waals surface area contributed by atoms with Gasteiger partial charge in [-0.3, -0.25) is 24.8 Å². The summed E-state index contributed by atoms with van der Waals surface area (Å²) in [6, 6.07) is 7.96. The van der Waals surface area contributed by atoms with Gasteiger partial charge in [-0.25, -0.2) is 0 Å². The van der Waals surface area contributed by atoms with Crippen LogP contribution in [0, 0.1) is 27.2 Å². The minimum atomic E-state index is -5.25. The van der Waals surface area contributed by atoms with Gasteiger partial charge in [0.1, 0.15) is 0 Å². The van der Waals surface area contributed by atoms with Crippen LogP contribution in [0.3, 0.4) is 0 Å². The third kappa shape index (κ3) is 3.67. The quantitative estimate of drug-likeness (QED) is 0.469. The Hall–Kier alpha value is -2.85. The lowest BCUT2D eigenvalue weighted by Gasteiger charge is -2.26. The summed E-state index contributed by atoms with van der Waals surface area (Å²) in [6.07, 6.45) is 0. The second-order valence-electron chi connectivity index (χ2n) is 7.01. The number of rotatable bonds is 4. The Morgan fingerprint density at radius 1 is 0.963 bits per heavy atom. The molecule has 0 aliphatic rings. The molecule has 0 bridgehead atoms. The molecular weight excluding hydrogens is 376 g/mol. The fourth-order valence-electron chi connectivity index (χ4n) is 3.28. The first-order chi connectivity index (χ1) is 12.3. The summed E-state index contributed by atoms with van der Waals surface area (Å²) in [5, 5.41) is 23.4. The Bertz CT molecular complexity index is 1040. The van der Waals surface area contributed by atoms with E-state index < -0.39 is 41.6 Å². The molecule has 0 unspecified atom stereocenters. The van der Waals surface area contributed by atoms with E-state index in [1.165, 1.54) is 19.1 Å². The summed E-state index contributed by atoms with van der Waals surface area (Å²) in [5.41, 5.74) is -2.33. The summed E-state index contributed by atoms with van der Waals surface area (Å²) in [4.78, 5) is 20.1. The fourth-order valence-corrected chi connectivity index (χ4v) is 4.17. The van der Waals surface area contributed by atoms with Gasteiger partial charge in [0.2, 0.25) is 4.90 Å². The third-order valence-electron chi connectivity index (χ3n) is 4.08. The molecule has 0 spiro atoms. The van der Waals surface area contributed by atoms with Crippen LogP contribution in [0.4, 0.5) is 11.4 Å². The molecule has 1 N–H and O–H groups in total. The topological polar surface area (TPSA) is 141 Å². The molecule has 2 aromatic rings. The van der Waals surface area contributed by atoms with Gasteiger partial charge in [0.25, 0.3) is 0 Å². The Kier molecular flexibility index (Phi) is 5.08. The molecule has 9 nitrogen and oxygen atoms in total. The highest BCUT2D eigenvalue weighted by molar-refractivity contribution is 7.86. The highest BCUT2D eigenvalue weighted by Gasteiger charge is 2.43. The molecule has 0 saturated heterocycles. The van der Waals surface area contributed by atoms with E-state index in [4.69, 9.17) is 0 Å². The second-order valence-corrected chi connectivity index (χ2v) is 8.37. The van der Waals surface area contributed by atoms with Crippen LogP contribution in [0.5, 0.6) is 0 Å². The summed E-state index contributed by atoms with van der Waals surface area (Å²) < 4.78 is 33.5. The molecule has 2 aromatic carbocycles. The molecule has 0 aliphatic heterocycles. The number of nitro benzene ring substituents is 2. The van der Waals surface area contributed by atoms with Gasteiger partial charge in [-0.2, -0.15) is 8.42 Å². The number of benzene rings is 2. The van der Waals surface area contributed by atoms with Crippen LogP contribution in [-0.2, 0) is 15.5 Å². The lowest BCUT2D eigenvalue weighted by molar-refractivity contribution is -0.400. The van der Waals surface area contributed by atoms with Crippen molar-refractivity contribution in [3.63, 3.8) is 0 Å². The summed E-state index contributed by atoms with van der Waals surface area (Å²) >= 11 is 0. The monoisotopic (exact) mass is 394 g/mol. The van der Waals surface area contributed by atoms with Gasteiger partial charge in [0.05, 0.1) is 15.4 Å². The molecule has 0 saturated carbocycles. The van der Waals surface area contributed by atoms with E-state index in [0.717, 1.165) is 0 Å². The average molecular weight is 394 g/mol. The Morgan fingerprint density at radius 2 is 1.44 bits per heavy atom. The van der Waals surface area contributed by atoms with Gasteiger partial charge in [-0.05, 0) is 23.5 Å². The zero-order chi connectivity index (χ0) is 20.7. The lowest BCUT2D eigenvalue weighted by atomic mass is 9.78. The number of nitrogens with zero attached hydrogens (tertiary/aromatic N) is 2. The van der Waals surface area contributed by atoms with Crippen LogP contribution in [-0.4, -0.2) is 22.8 Å². The van der Waals surface area contributed by atoms with Crippen molar-refractivity contribution in [1.29, 1.82) is 0 Å². The molecule has 27 heavy (non-hydrogen) atoms. The predicted octanol–water partition coefficient (Wildman–Crippen LogP) is 4.02. The summed E-state index contributed by atoms with van der Waals surface area (Å²) in [6.45, 7) is 6.45. The van der Waals surface area contributed by atoms with Crippen LogP contribution >= 0.6 is 0 Å². The molecule has 0 heterocycles. The minimum absolute atomic E-state index is 0.0513. The molecule has 0 radical (unpaired) electrons. The van der Waals surface area contributed by atoms with E-state index in [-0.39, 0.29) is 16.7 Å². The van der Waals surface area contributed by atoms with E-state index in [9.17, 15) is 33.2 Å². The van der Waals surface area contributed by atoms with Gasteiger partial charge < -0.3 is 0 Å². The van der Waals surface area contributed by atoms with E-state index in [0.29, 0.717) is 5.56 Å². The van der Waals surface area contributed by atoms with Crippen LogP contribution < -0.4 is 0 Å². The van der Waals surface area contributed by atoms with Crippen molar-refractivity contribution < 1.29 is 22.8 Å².